The number of hydrogen-bond acceptors (Lipinski definition) is 8. The Morgan fingerprint density at radius 1 is 1.02 bits per heavy atom. The van der Waals surface area contributed by atoms with E-state index in [-0.39, 0.29) is 23.4 Å². The highest BCUT2D eigenvalue weighted by Gasteiger charge is 2.48. The maximum atomic E-state index is 14.5. The van der Waals surface area contributed by atoms with Gasteiger partial charge in [-0.1, -0.05) is 73.6 Å². The first-order valence-electron chi connectivity index (χ1n) is 17.1. The minimum absolute atomic E-state index is 0.0494. The zero-order chi connectivity index (χ0) is 34.9. The molecule has 5 amide bonds. The van der Waals surface area contributed by atoms with Crippen LogP contribution in [0.25, 0.3) is 0 Å². The molecule has 6 N–H and O–H groups in total. The van der Waals surface area contributed by atoms with Crippen molar-refractivity contribution in [3.8, 4) is 0 Å². The van der Waals surface area contributed by atoms with Gasteiger partial charge in [-0.2, -0.15) is 0 Å². The summed E-state index contributed by atoms with van der Waals surface area (Å²) in [5.74, 6) is -3.04. The monoisotopic (exact) mass is 657 g/mol. The number of primary amides is 1. The lowest BCUT2D eigenvalue weighted by Crippen LogP contribution is -2.62. The van der Waals surface area contributed by atoms with E-state index in [4.69, 9.17) is 5.73 Å². The average Bonchev–Trinajstić information content (AvgIpc) is 3.50. The molecule has 262 valence electrons. The first kappa shape index (κ1) is 37.8. The van der Waals surface area contributed by atoms with E-state index < -0.39 is 65.2 Å². The molecule has 0 aromatic carbocycles. The molecule has 0 radical (unpaired) electrons. The summed E-state index contributed by atoms with van der Waals surface area (Å²) in [5, 5.41) is 19.2. The van der Waals surface area contributed by atoms with Crippen LogP contribution < -0.4 is 21.7 Å². The standard InChI is InChI=1S/C34H55N7O6/c1-7-8-14-23(27(42)29(35)43)38-32(46)26-22(20(2)3)15-18-41(26)33(47)28(34(4,5)6)40-31(45)25(21-12-10-9-11-13-21)39-30(44)24-19-36-16-17-37-24/h16-17,19-23,25-28,42H,7-15,18H2,1-6H3,(H2,35,43)(H,38,46)(H,39,44)(H,40,45)/t22-,23?,25+,26+,27?,28-/m1/s1. The van der Waals surface area contributed by atoms with Crippen molar-refractivity contribution in [1.82, 2.24) is 30.8 Å². The molecule has 0 bridgehead atoms. The van der Waals surface area contributed by atoms with E-state index in [2.05, 4.69) is 25.9 Å². The van der Waals surface area contributed by atoms with Crippen LogP contribution in [-0.4, -0.2) is 86.3 Å². The number of unbranched alkanes of at least 4 members (excludes halogenated alkanes) is 1. The predicted molar refractivity (Wildman–Crippen MR) is 176 cm³/mol. The molecule has 1 aromatic rings. The maximum Gasteiger partial charge on any atom is 0.272 e. The first-order valence-corrected chi connectivity index (χ1v) is 17.1. The quantitative estimate of drug-likeness (QED) is 0.200. The largest absolute Gasteiger partial charge is 0.381 e. The summed E-state index contributed by atoms with van der Waals surface area (Å²) >= 11 is 0. The fraction of sp³-hybridized carbons (Fsp3) is 0.735. The molecule has 0 spiro atoms. The molecule has 2 fully saturated rings. The fourth-order valence-electron chi connectivity index (χ4n) is 6.84. The van der Waals surface area contributed by atoms with E-state index in [1.165, 1.54) is 23.5 Å². The second-order valence-corrected chi connectivity index (χ2v) is 14.5. The summed E-state index contributed by atoms with van der Waals surface area (Å²) in [6.45, 7) is 11.8. The molecule has 6 atom stereocenters. The number of aliphatic hydroxyl groups is 1. The summed E-state index contributed by atoms with van der Waals surface area (Å²) < 4.78 is 0. The molecule has 2 aliphatic rings. The van der Waals surface area contributed by atoms with Crippen LogP contribution in [0.5, 0.6) is 0 Å². The topological polar surface area (TPSA) is 197 Å². The number of nitrogens with zero attached hydrogens (tertiary/aromatic N) is 3. The average molecular weight is 658 g/mol. The Hall–Kier alpha value is -3.61. The molecule has 1 aliphatic heterocycles. The van der Waals surface area contributed by atoms with Crippen molar-refractivity contribution in [3.05, 3.63) is 24.3 Å². The minimum atomic E-state index is -1.57. The van der Waals surface area contributed by atoms with Gasteiger partial charge in [0.15, 0.2) is 6.10 Å². The Balaban J connectivity index is 1.89. The van der Waals surface area contributed by atoms with Crippen LogP contribution >= 0.6 is 0 Å². The molecule has 1 saturated carbocycles. The molecule has 1 aliphatic carbocycles. The Bertz CT molecular complexity index is 1230. The Kier molecular flexibility index (Phi) is 13.7. The number of likely N-dealkylation sites (tertiary alicyclic amines) is 1. The van der Waals surface area contributed by atoms with Crippen molar-refractivity contribution in [2.75, 3.05) is 6.54 Å². The SMILES string of the molecule is CCCCC(NC(=O)[C@@H]1[C@@H](C(C)C)CCN1C(=O)[C@@H](NC(=O)[C@@H](NC(=O)c1cnccn1)C1CCCCC1)C(C)(C)C)C(O)C(N)=O. The van der Waals surface area contributed by atoms with Gasteiger partial charge in [-0.05, 0) is 48.9 Å². The van der Waals surface area contributed by atoms with Crippen LogP contribution in [0.2, 0.25) is 0 Å². The molecule has 13 nitrogen and oxygen atoms in total. The summed E-state index contributed by atoms with van der Waals surface area (Å²) in [6, 6.07) is -3.67. The zero-order valence-corrected chi connectivity index (χ0v) is 28.8. The van der Waals surface area contributed by atoms with E-state index in [1.54, 1.807) is 0 Å². The predicted octanol–water partition coefficient (Wildman–Crippen LogP) is 2.08. The van der Waals surface area contributed by atoms with E-state index in [1.807, 2.05) is 41.5 Å². The summed E-state index contributed by atoms with van der Waals surface area (Å²) in [6.07, 6.45) is 9.44. The van der Waals surface area contributed by atoms with Gasteiger partial charge in [0.2, 0.25) is 23.6 Å². The molecule has 1 saturated heterocycles. The summed E-state index contributed by atoms with van der Waals surface area (Å²) in [7, 11) is 0. The van der Waals surface area contributed by atoms with Gasteiger partial charge in [-0.15, -0.1) is 0 Å². The lowest BCUT2D eigenvalue weighted by Gasteiger charge is -2.38. The minimum Gasteiger partial charge on any atom is -0.381 e. The van der Waals surface area contributed by atoms with Gasteiger partial charge >= 0.3 is 0 Å². The van der Waals surface area contributed by atoms with Crippen molar-refractivity contribution in [2.24, 2.45) is 28.9 Å². The van der Waals surface area contributed by atoms with E-state index >= 15 is 0 Å². The second kappa shape index (κ2) is 17.0. The fourth-order valence-corrected chi connectivity index (χ4v) is 6.84. The van der Waals surface area contributed by atoms with Gasteiger partial charge < -0.3 is 31.7 Å². The molecule has 3 rings (SSSR count). The Morgan fingerprint density at radius 2 is 1.70 bits per heavy atom. The van der Waals surface area contributed by atoms with Crippen molar-refractivity contribution >= 4 is 29.5 Å². The lowest BCUT2D eigenvalue weighted by atomic mass is 9.82. The van der Waals surface area contributed by atoms with E-state index in [9.17, 15) is 29.1 Å². The number of rotatable bonds is 14. The third-order valence-corrected chi connectivity index (χ3v) is 9.61. The van der Waals surface area contributed by atoms with Crippen molar-refractivity contribution in [1.29, 1.82) is 0 Å². The van der Waals surface area contributed by atoms with Crippen LogP contribution in [-0.2, 0) is 19.2 Å². The highest BCUT2D eigenvalue weighted by Crippen LogP contribution is 2.34. The number of nitrogens with two attached hydrogens (primary N) is 1. The normalized spacial score (nSPS) is 21.4. The number of aromatic nitrogens is 2. The van der Waals surface area contributed by atoms with E-state index in [0.29, 0.717) is 25.8 Å². The van der Waals surface area contributed by atoms with Crippen LogP contribution in [0.15, 0.2) is 18.6 Å². The van der Waals surface area contributed by atoms with Crippen LogP contribution in [0.4, 0.5) is 0 Å². The van der Waals surface area contributed by atoms with Gasteiger partial charge in [-0.3, -0.25) is 29.0 Å². The second-order valence-electron chi connectivity index (χ2n) is 14.5. The first-order chi connectivity index (χ1) is 22.2. The van der Waals surface area contributed by atoms with Gasteiger partial charge in [0.1, 0.15) is 23.8 Å². The Labute approximate surface area is 278 Å². The molecular weight excluding hydrogens is 602 g/mol. The smallest absolute Gasteiger partial charge is 0.272 e. The summed E-state index contributed by atoms with van der Waals surface area (Å²) in [5.41, 5.74) is 4.73. The molecular formula is C34H55N7O6. The highest BCUT2D eigenvalue weighted by molar-refractivity contribution is 5.98. The molecule has 13 heteroatoms. The van der Waals surface area contributed by atoms with Crippen molar-refractivity contribution in [2.45, 2.75) is 130 Å². The molecule has 2 unspecified atom stereocenters. The van der Waals surface area contributed by atoms with Gasteiger partial charge in [-0.25, -0.2) is 4.98 Å². The third-order valence-electron chi connectivity index (χ3n) is 9.61. The number of nitrogens with one attached hydrogen (secondary N) is 3. The number of carbonyl (C=O) groups excluding carboxylic acids is 5. The van der Waals surface area contributed by atoms with Crippen LogP contribution in [0.1, 0.15) is 110 Å². The van der Waals surface area contributed by atoms with Crippen molar-refractivity contribution < 1.29 is 29.1 Å². The zero-order valence-electron chi connectivity index (χ0n) is 28.8. The van der Waals surface area contributed by atoms with Gasteiger partial charge in [0.25, 0.3) is 5.91 Å². The number of aliphatic hydroxyl groups excluding tert-OH is 1. The lowest BCUT2D eigenvalue weighted by molar-refractivity contribution is -0.146. The maximum absolute atomic E-state index is 14.5. The van der Waals surface area contributed by atoms with Crippen molar-refractivity contribution in [3.63, 3.8) is 0 Å². The molecule has 47 heavy (non-hydrogen) atoms. The molecule has 1 aromatic heterocycles. The van der Waals surface area contributed by atoms with Gasteiger partial charge in [0, 0.05) is 18.9 Å². The number of carbonyl (C=O) groups is 5. The summed E-state index contributed by atoms with van der Waals surface area (Å²) in [4.78, 5) is 77.0. The third kappa shape index (κ3) is 9.94. The van der Waals surface area contributed by atoms with Gasteiger partial charge in [0.05, 0.1) is 12.2 Å². The Morgan fingerprint density at radius 3 is 2.26 bits per heavy atom. The van der Waals surface area contributed by atoms with Crippen LogP contribution in [0, 0.1) is 23.2 Å². The number of hydrogen-bond donors (Lipinski definition) is 5. The van der Waals surface area contributed by atoms with E-state index in [0.717, 1.165) is 38.5 Å². The highest BCUT2D eigenvalue weighted by atomic mass is 16.3. The molecule has 2 heterocycles. The van der Waals surface area contributed by atoms with Crippen LogP contribution in [0.3, 0.4) is 0 Å². The number of amides is 5.